The first-order valence-electron chi connectivity index (χ1n) is 12.5. The second-order valence-corrected chi connectivity index (χ2v) is 9.54. The van der Waals surface area contributed by atoms with E-state index in [9.17, 15) is 4.79 Å². The van der Waals surface area contributed by atoms with Crippen LogP contribution in [0, 0.1) is 0 Å². The maximum absolute atomic E-state index is 12.1. The van der Waals surface area contributed by atoms with Crippen LogP contribution in [0.1, 0.15) is 138 Å². The number of carbonyl (C=O) groups excluding carboxylic acids is 1. The molecule has 0 aliphatic carbocycles. The third-order valence-electron chi connectivity index (χ3n) is 5.56. The Hall–Kier alpha value is -0.900. The highest BCUT2D eigenvalue weighted by Crippen LogP contribution is 2.15. The molecule has 29 heavy (non-hydrogen) atoms. The molecule has 1 aromatic heterocycles. The van der Waals surface area contributed by atoms with E-state index >= 15 is 0 Å². The zero-order valence-corrected chi connectivity index (χ0v) is 20.1. The Morgan fingerprint density at radius 2 is 1.24 bits per heavy atom. The monoisotopic (exact) mass is 422 g/mol. The highest BCUT2D eigenvalue weighted by atomic mass is 32.1. The molecule has 3 nitrogen and oxygen atoms in total. The van der Waals surface area contributed by atoms with Gasteiger partial charge in [0.05, 0.1) is 11.2 Å². The summed E-state index contributed by atoms with van der Waals surface area (Å²) < 4.78 is 0. The van der Waals surface area contributed by atoms with Crippen LogP contribution in [0.15, 0.2) is 6.20 Å². The summed E-state index contributed by atoms with van der Waals surface area (Å²) in [5.41, 5.74) is 0. The van der Waals surface area contributed by atoms with Crippen molar-refractivity contribution in [3.63, 3.8) is 0 Å². The van der Waals surface area contributed by atoms with E-state index in [2.05, 4.69) is 24.1 Å². The Morgan fingerprint density at radius 3 is 1.72 bits per heavy atom. The van der Waals surface area contributed by atoms with Gasteiger partial charge in [0, 0.05) is 6.54 Å². The predicted octanol–water partition coefficient (Wildman–Crippen LogP) is 8.09. The Kier molecular flexibility index (Phi) is 17.2. The van der Waals surface area contributed by atoms with Crippen molar-refractivity contribution >= 4 is 17.2 Å². The normalized spacial score (nSPS) is 11.1. The van der Waals surface area contributed by atoms with E-state index in [4.69, 9.17) is 0 Å². The third-order valence-corrected chi connectivity index (χ3v) is 6.61. The van der Waals surface area contributed by atoms with Crippen LogP contribution >= 0.6 is 11.3 Å². The van der Waals surface area contributed by atoms with Gasteiger partial charge in [0.25, 0.3) is 5.91 Å². The van der Waals surface area contributed by atoms with E-state index in [0.717, 1.165) is 35.7 Å². The molecule has 1 heterocycles. The second-order valence-electron chi connectivity index (χ2n) is 8.43. The topological polar surface area (TPSA) is 42.0 Å². The summed E-state index contributed by atoms with van der Waals surface area (Å²) in [6.07, 6.45) is 25.8. The molecule has 168 valence electrons. The van der Waals surface area contributed by atoms with Gasteiger partial charge in [-0.15, -0.1) is 11.3 Å². The van der Waals surface area contributed by atoms with Crippen molar-refractivity contribution in [2.24, 2.45) is 0 Å². The first-order valence-corrected chi connectivity index (χ1v) is 13.3. The number of hydrogen-bond donors (Lipinski definition) is 1. The molecular weight excluding hydrogens is 376 g/mol. The molecule has 1 aromatic rings. The maximum atomic E-state index is 12.1. The van der Waals surface area contributed by atoms with Gasteiger partial charge in [-0.1, -0.05) is 110 Å². The predicted molar refractivity (Wildman–Crippen MR) is 128 cm³/mol. The summed E-state index contributed by atoms with van der Waals surface area (Å²) in [7, 11) is 0. The number of unbranched alkanes of at least 4 members (excludes halogenated alkanes) is 15. The molecule has 0 spiro atoms. The van der Waals surface area contributed by atoms with Gasteiger partial charge in [-0.2, -0.15) is 0 Å². The molecule has 1 amide bonds. The molecule has 0 fully saturated rings. The number of nitrogens with one attached hydrogen (secondary N) is 1. The summed E-state index contributed by atoms with van der Waals surface area (Å²) >= 11 is 1.53. The van der Waals surface area contributed by atoms with Crippen molar-refractivity contribution in [2.45, 2.75) is 129 Å². The van der Waals surface area contributed by atoms with Crippen LogP contribution in [-0.2, 0) is 6.42 Å². The van der Waals surface area contributed by atoms with E-state index in [1.807, 2.05) is 0 Å². The van der Waals surface area contributed by atoms with Crippen LogP contribution in [0.5, 0.6) is 0 Å². The average Bonchev–Trinajstić information content (AvgIpc) is 3.19. The quantitative estimate of drug-likeness (QED) is 0.216. The van der Waals surface area contributed by atoms with Crippen molar-refractivity contribution in [3.05, 3.63) is 16.1 Å². The number of nitrogens with zero attached hydrogens (tertiary/aromatic N) is 1. The summed E-state index contributed by atoms with van der Waals surface area (Å²) in [6, 6.07) is 0. The Labute approximate surface area is 184 Å². The average molecular weight is 423 g/mol. The molecule has 4 heteroatoms. The standard InChI is InChI=1S/C25H46N2OS/c1-3-5-6-7-8-9-10-11-12-13-14-15-16-17-18-19-21-26-25(28)23-22-27-24(29-23)20-4-2/h22H,3-21H2,1-2H3,(H,26,28). The molecule has 0 atom stereocenters. The largest absolute Gasteiger partial charge is 0.351 e. The van der Waals surface area contributed by atoms with Crippen LogP contribution in [0.2, 0.25) is 0 Å². The lowest BCUT2D eigenvalue weighted by atomic mass is 10.0. The van der Waals surface area contributed by atoms with Gasteiger partial charge in [-0.25, -0.2) is 4.98 Å². The molecule has 1 N–H and O–H groups in total. The highest BCUT2D eigenvalue weighted by Gasteiger charge is 2.09. The van der Waals surface area contributed by atoms with Crippen LogP contribution in [-0.4, -0.2) is 17.4 Å². The van der Waals surface area contributed by atoms with E-state index in [1.165, 1.54) is 108 Å². The Balaban J connectivity index is 1.80. The van der Waals surface area contributed by atoms with Crippen molar-refractivity contribution in [3.8, 4) is 0 Å². The number of thiazole rings is 1. The molecule has 1 rings (SSSR count). The zero-order valence-electron chi connectivity index (χ0n) is 19.3. The van der Waals surface area contributed by atoms with Crippen molar-refractivity contribution in [1.82, 2.24) is 10.3 Å². The number of aryl methyl sites for hydroxylation is 1. The fraction of sp³-hybridized carbons (Fsp3) is 0.840. The molecular formula is C25H46N2OS. The molecule has 0 bridgehead atoms. The summed E-state index contributed by atoms with van der Waals surface area (Å²) in [6.45, 7) is 5.21. The first-order chi connectivity index (χ1) is 14.3. The summed E-state index contributed by atoms with van der Waals surface area (Å²) in [5.74, 6) is 0.0470. The van der Waals surface area contributed by atoms with E-state index in [1.54, 1.807) is 6.20 Å². The van der Waals surface area contributed by atoms with Gasteiger partial charge >= 0.3 is 0 Å². The SMILES string of the molecule is CCCCCCCCCCCCCCCCCCNC(=O)c1cnc(CCC)s1. The van der Waals surface area contributed by atoms with E-state index in [0.29, 0.717) is 0 Å². The molecule has 0 aliphatic rings. The minimum Gasteiger partial charge on any atom is -0.351 e. The smallest absolute Gasteiger partial charge is 0.263 e. The van der Waals surface area contributed by atoms with Gasteiger partial charge in [-0.05, 0) is 19.3 Å². The zero-order chi connectivity index (χ0) is 21.0. The Morgan fingerprint density at radius 1 is 0.759 bits per heavy atom. The second kappa shape index (κ2) is 19.1. The van der Waals surface area contributed by atoms with Gasteiger partial charge < -0.3 is 5.32 Å². The van der Waals surface area contributed by atoms with E-state index < -0.39 is 0 Å². The lowest BCUT2D eigenvalue weighted by Crippen LogP contribution is -2.23. The van der Waals surface area contributed by atoms with Crippen LogP contribution in [0.25, 0.3) is 0 Å². The third kappa shape index (κ3) is 14.7. The fourth-order valence-corrected chi connectivity index (χ4v) is 4.64. The number of hydrogen-bond acceptors (Lipinski definition) is 3. The summed E-state index contributed by atoms with van der Waals surface area (Å²) in [5, 5.41) is 4.10. The van der Waals surface area contributed by atoms with Crippen molar-refractivity contribution in [1.29, 1.82) is 0 Å². The maximum Gasteiger partial charge on any atom is 0.263 e. The molecule has 0 aromatic carbocycles. The molecule has 0 radical (unpaired) electrons. The van der Waals surface area contributed by atoms with Crippen molar-refractivity contribution in [2.75, 3.05) is 6.54 Å². The van der Waals surface area contributed by atoms with Crippen LogP contribution < -0.4 is 5.32 Å². The molecule has 0 unspecified atom stereocenters. The molecule has 0 saturated heterocycles. The molecule has 0 aliphatic heterocycles. The van der Waals surface area contributed by atoms with E-state index in [-0.39, 0.29) is 5.91 Å². The lowest BCUT2D eigenvalue weighted by Gasteiger charge is -2.04. The lowest BCUT2D eigenvalue weighted by molar-refractivity contribution is 0.0956. The van der Waals surface area contributed by atoms with Gasteiger partial charge in [0.2, 0.25) is 0 Å². The van der Waals surface area contributed by atoms with Gasteiger partial charge in [-0.3, -0.25) is 4.79 Å². The fourth-order valence-electron chi connectivity index (χ4n) is 3.71. The van der Waals surface area contributed by atoms with Crippen molar-refractivity contribution < 1.29 is 4.79 Å². The number of aromatic nitrogens is 1. The number of rotatable bonds is 20. The summed E-state index contributed by atoms with van der Waals surface area (Å²) in [4.78, 5) is 17.1. The first kappa shape index (κ1) is 26.1. The minimum atomic E-state index is 0.0470. The number of amides is 1. The van der Waals surface area contributed by atoms with Gasteiger partial charge in [0.1, 0.15) is 4.88 Å². The number of carbonyl (C=O) groups is 1. The van der Waals surface area contributed by atoms with Crippen LogP contribution in [0.3, 0.4) is 0 Å². The minimum absolute atomic E-state index is 0.0470. The van der Waals surface area contributed by atoms with Crippen LogP contribution in [0.4, 0.5) is 0 Å². The highest BCUT2D eigenvalue weighted by molar-refractivity contribution is 7.13. The Bertz CT molecular complexity index is 501. The van der Waals surface area contributed by atoms with Gasteiger partial charge in [0.15, 0.2) is 0 Å². The molecule has 0 saturated carbocycles.